The molecule has 2 amide bonds. The summed E-state index contributed by atoms with van der Waals surface area (Å²) in [5.74, 6) is 7.63. The van der Waals surface area contributed by atoms with Crippen LogP contribution in [-0.2, 0) is 9.47 Å². The normalized spacial score (nSPS) is 19.9. The smallest absolute Gasteiger partial charge is 0.410 e. The predicted molar refractivity (Wildman–Crippen MR) is 183 cm³/mol. The van der Waals surface area contributed by atoms with Crippen LogP contribution in [-0.4, -0.2) is 61.2 Å². The summed E-state index contributed by atoms with van der Waals surface area (Å²) < 4.78 is 11.3. The van der Waals surface area contributed by atoms with E-state index < -0.39 is 11.2 Å². The minimum Gasteiger partial charge on any atom is -0.444 e. The van der Waals surface area contributed by atoms with Crippen LogP contribution in [0, 0.1) is 17.8 Å². The summed E-state index contributed by atoms with van der Waals surface area (Å²) in [7, 11) is 0. The zero-order valence-corrected chi connectivity index (χ0v) is 28.4. The van der Waals surface area contributed by atoms with E-state index in [9.17, 15) is 9.59 Å². The van der Waals surface area contributed by atoms with Crippen LogP contribution in [0.5, 0.6) is 0 Å². The van der Waals surface area contributed by atoms with Crippen LogP contribution in [0.2, 0.25) is 0 Å². The number of aromatic amines is 2. The predicted octanol–water partition coefficient (Wildman–Crippen LogP) is 8.35. The van der Waals surface area contributed by atoms with Crippen molar-refractivity contribution in [3.05, 3.63) is 77.4 Å². The van der Waals surface area contributed by atoms with Gasteiger partial charge in [0.1, 0.15) is 17.0 Å². The average molecular weight is 636 g/mol. The molecule has 0 saturated carbocycles. The van der Waals surface area contributed by atoms with Gasteiger partial charge in [-0.3, -0.25) is 9.80 Å². The van der Waals surface area contributed by atoms with E-state index in [1.54, 1.807) is 4.90 Å². The zero-order chi connectivity index (χ0) is 33.5. The van der Waals surface area contributed by atoms with Gasteiger partial charge in [0.25, 0.3) is 0 Å². The number of H-pyrrole nitrogens is 2. The third-order valence-electron chi connectivity index (χ3n) is 8.63. The number of carbonyl (C=O) groups is 2. The molecule has 0 aliphatic carbocycles. The van der Waals surface area contributed by atoms with E-state index in [1.807, 2.05) is 89.0 Å². The van der Waals surface area contributed by atoms with E-state index in [1.165, 1.54) is 0 Å². The van der Waals surface area contributed by atoms with Gasteiger partial charge in [0.2, 0.25) is 0 Å². The number of hydrogen-bond acceptors (Lipinski definition) is 5. The molecule has 4 aromatic rings. The summed E-state index contributed by atoms with van der Waals surface area (Å²) in [5.41, 5.74) is 4.68. The first-order chi connectivity index (χ1) is 22.2. The van der Waals surface area contributed by atoms with Crippen LogP contribution in [0.1, 0.15) is 102 Å². The molecule has 2 aromatic heterocycles. The van der Waals surface area contributed by atoms with Crippen molar-refractivity contribution in [2.24, 2.45) is 5.92 Å². The van der Waals surface area contributed by atoms with Gasteiger partial charge in [-0.15, -0.1) is 0 Å². The second kappa shape index (κ2) is 12.5. The Morgan fingerprint density at radius 3 is 2.19 bits per heavy atom. The fourth-order valence-corrected chi connectivity index (χ4v) is 6.44. The van der Waals surface area contributed by atoms with E-state index in [0.717, 1.165) is 64.1 Å². The maximum Gasteiger partial charge on any atom is 0.410 e. The molecule has 246 valence electrons. The highest BCUT2D eigenvalue weighted by molar-refractivity contribution is 5.82. The van der Waals surface area contributed by atoms with Gasteiger partial charge in [-0.1, -0.05) is 30.9 Å². The Bertz CT molecular complexity index is 1830. The van der Waals surface area contributed by atoms with E-state index in [0.29, 0.717) is 13.1 Å². The summed E-state index contributed by atoms with van der Waals surface area (Å²) in [4.78, 5) is 41.0. The molecule has 9 nitrogen and oxygen atoms in total. The molecule has 0 radical (unpaired) electrons. The van der Waals surface area contributed by atoms with Crippen molar-refractivity contribution in [2.45, 2.75) is 91.0 Å². The summed E-state index contributed by atoms with van der Waals surface area (Å²) >= 11 is 0. The summed E-state index contributed by atoms with van der Waals surface area (Å²) in [6, 6.07) is 16.2. The lowest BCUT2D eigenvalue weighted by atomic mass is 10.0. The molecule has 2 N–H and O–H groups in total. The highest BCUT2D eigenvalue weighted by atomic mass is 16.6. The van der Waals surface area contributed by atoms with Gasteiger partial charge >= 0.3 is 12.2 Å². The number of aromatic nitrogens is 3. The van der Waals surface area contributed by atoms with Gasteiger partial charge in [0.05, 0.1) is 24.0 Å². The van der Waals surface area contributed by atoms with Gasteiger partial charge in [-0.2, -0.15) is 0 Å². The van der Waals surface area contributed by atoms with Gasteiger partial charge < -0.3 is 19.4 Å². The lowest BCUT2D eigenvalue weighted by Gasteiger charge is -2.29. The molecule has 0 unspecified atom stereocenters. The molecule has 4 heterocycles. The highest BCUT2D eigenvalue weighted by Gasteiger charge is 2.39. The second-order valence-corrected chi connectivity index (χ2v) is 14.8. The Morgan fingerprint density at radius 2 is 1.49 bits per heavy atom. The van der Waals surface area contributed by atoms with Crippen LogP contribution >= 0.6 is 0 Å². The summed E-state index contributed by atoms with van der Waals surface area (Å²) in [5, 5.41) is 1.06. The standard InChI is InChI=1S/C38H45N5O4/c1-24-18-20-43(36(45)47-38(5,6)7)33(24)34-39-23-31(41-34)27-15-12-25(13-16-27)10-11-26-14-17-29-28(21-26)22-30(40-29)32-9-8-19-42(32)35(44)46-37(2,3)4/h12-17,21-24,32-33,40H,8-9,18-20H2,1-7H3,(H,39,41)/t24-,32+,33+/m1/s1. The summed E-state index contributed by atoms with van der Waals surface area (Å²) in [6.07, 6.45) is 4.01. The molecule has 2 aromatic carbocycles. The number of nitrogens with one attached hydrogen (secondary N) is 2. The maximum absolute atomic E-state index is 12.9. The fourth-order valence-electron chi connectivity index (χ4n) is 6.44. The molecule has 6 rings (SSSR count). The Morgan fingerprint density at radius 1 is 0.830 bits per heavy atom. The van der Waals surface area contributed by atoms with Crippen LogP contribution < -0.4 is 0 Å². The zero-order valence-electron chi connectivity index (χ0n) is 28.4. The molecule has 9 heteroatoms. The van der Waals surface area contributed by atoms with Crippen molar-refractivity contribution in [2.75, 3.05) is 13.1 Å². The number of likely N-dealkylation sites (tertiary alicyclic amines) is 2. The monoisotopic (exact) mass is 635 g/mol. The number of hydrogen-bond donors (Lipinski definition) is 2. The molecule has 2 aliphatic rings. The van der Waals surface area contributed by atoms with E-state index in [2.05, 4.69) is 45.8 Å². The van der Waals surface area contributed by atoms with E-state index in [-0.39, 0.29) is 30.2 Å². The van der Waals surface area contributed by atoms with Crippen LogP contribution in [0.3, 0.4) is 0 Å². The largest absolute Gasteiger partial charge is 0.444 e. The molecule has 0 spiro atoms. The first-order valence-corrected chi connectivity index (χ1v) is 16.5. The number of nitrogens with zero attached hydrogens (tertiary/aromatic N) is 3. The topological polar surface area (TPSA) is 104 Å². The molecule has 2 saturated heterocycles. The Labute approximate surface area is 277 Å². The summed E-state index contributed by atoms with van der Waals surface area (Å²) in [6.45, 7) is 14.8. The third kappa shape index (κ3) is 7.32. The molecule has 0 bridgehead atoms. The number of imidazole rings is 1. The van der Waals surface area contributed by atoms with E-state index in [4.69, 9.17) is 9.47 Å². The SMILES string of the molecule is C[C@@H]1CCN(C(=O)OC(C)(C)C)[C@@H]1c1ncc(-c2ccc(C#Cc3ccc4[nH]c([C@@H]5CCCN5C(=O)OC(C)(C)C)cc4c3)cc2)[nH]1. The molecule has 3 atom stereocenters. The number of rotatable bonds is 3. The van der Waals surface area contributed by atoms with Crippen molar-refractivity contribution in [1.29, 1.82) is 0 Å². The van der Waals surface area contributed by atoms with Crippen LogP contribution in [0.25, 0.3) is 22.2 Å². The number of fused-ring (bicyclic) bond motifs is 1. The molecular weight excluding hydrogens is 590 g/mol. The van der Waals surface area contributed by atoms with Crippen molar-refractivity contribution in [3.8, 4) is 23.1 Å². The van der Waals surface area contributed by atoms with Crippen LogP contribution in [0.4, 0.5) is 9.59 Å². The van der Waals surface area contributed by atoms with Crippen molar-refractivity contribution < 1.29 is 19.1 Å². The molecule has 2 aliphatic heterocycles. The fraction of sp³-hybridized carbons (Fsp3) is 0.447. The van der Waals surface area contributed by atoms with Crippen molar-refractivity contribution in [1.82, 2.24) is 24.8 Å². The maximum atomic E-state index is 12.9. The van der Waals surface area contributed by atoms with Gasteiger partial charge in [-0.05, 0) is 109 Å². The molecule has 2 fully saturated rings. The van der Waals surface area contributed by atoms with Crippen molar-refractivity contribution >= 4 is 23.1 Å². The number of amides is 2. The van der Waals surface area contributed by atoms with Gasteiger partial charge in [-0.25, -0.2) is 14.6 Å². The molecule has 47 heavy (non-hydrogen) atoms. The number of ether oxygens (including phenoxy) is 2. The Balaban J connectivity index is 1.14. The third-order valence-corrected chi connectivity index (χ3v) is 8.63. The minimum atomic E-state index is -0.549. The van der Waals surface area contributed by atoms with Gasteiger partial charge in [0, 0.05) is 40.8 Å². The quantitative estimate of drug-likeness (QED) is 0.220. The Kier molecular flexibility index (Phi) is 8.56. The number of carbonyl (C=O) groups excluding carboxylic acids is 2. The van der Waals surface area contributed by atoms with Crippen molar-refractivity contribution in [3.63, 3.8) is 0 Å². The first kappa shape index (κ1) is 32.2. The Hall–Kier alpha value is -4.71. The number of benzene rings is 2. The first-order valence-electron chi connectivity index (χ1n) is 16.5. The van der Waals surface area contributed by atoms with Crippen LogP contribution in [0.15, 0.2) is 54.7 Å². The van der Waals surface area contributed by atoms with Gasteiger partial charge in [0.15, 0.2) is 0 Å². The van der Waals surface area contributed by atoms with E-state index >= 15 is 0 Å². The lowest BCUT2D eigenvalue weighted by molar-refractivity contribution is 0.0197. The average Bonchev–Trinajstić information content (AvgIpc) is 3.79. The molecular formula is C38H45N5O4. The minimum absolute atomic E-state index is 0.0262. The lowest BCUT2D eigenvalue weighted by Crippen LogP contribution is -2.37. The second-order valence-electron chi connectivity index (χ2n) is 14.8. The highest BCUT2D eigenvalue weighted by Crippen LogP contribution is 2.38.